The van der Waals surface area contributed by atoms with E-state index in [0.717, 1.165) is 5.56 Å². The second-order valence-electron chi connectivity index (χ2n) is 14.9. The summed E-state index contributed by atoms with van der Waals surface area (Å²) in [6.45, 7) is 18.9. The maximum atomic E-state index is 14.1. The summed E-state index contributed by atoms with van der Waals surface area (Å²) in [7, 11) is 0. The molecule has 2 unspecified atom stereocenters. The molecule has 0 spiro atoms. The number of piperidine rings is 1. The fourth-order valence-electron chi connectivity index (χ4n) is 6.06. The zero-order valence-electron chi connectivity index (χ0n) is 28.3. The molecule has 0 aromatic heterocycles. The number of hydrogen-bond acceptors (Lipinski definition) is 6. The SMILES string of the molecule is C=CCC(NC(=O)[C@@H]1[C@@H]2C(CN1C(=O)[C@@H](NC(=O)NC(C)(C)C)C(C)(C)C)C2(C)C)C(=O)C(=O)NCC(=O)NCc1ccccc1. The number of amides is 6. The molecule has 3 rings (SSSR count). The Balaban J connectivity index is 1.70. The summed E-state index contributed by atoms with van der Waals surface area (Å²) in [5.74, 6) is -3.50. The first-order valence-corrected chi connectivity index (χ1v) is 15.7. The minimum absolute atomic E-state index is 0.0322. The van der Waals surface area contributed by atoms with Gasteiger partial charge in [-0.05, 0) is 55.4 Å². The molecule has 2 fully saturated rings. The van der Waals surface area contributed by atoms with Gasteiger partial charge in [0.1, 0.15) is 18.1 Å². The van der Waals surface area contributed by atoms with Gasteiger partial charge in [0.15, 0.2) is 0 Å². The van der Waals surface area contributed by atoms with E-state index in [1.165, 1.54) is 11.0 Å². The molecule has 5 N–H and O–H groups in total. The highest BCUT2D eigenvalue weighted by Crippen LogP contribution is 2.65. The van der Waals surface area contributed by atoms with Crippen LogP contribution in [0.25, 0.3) is 0 Å². The maximum absolute atomic E-state index is 14.1. The van der Waals surface area contributed by atoms with Crippen LogP contribution in [-0.4, -0.2) is 77.1 Å². The van der Waals surface area contributed by atoms with E-state index in [-0.39, 0.29) is 30.2 Å². The summed E-state index contributed by atoms with van der Waals surface area (Å²) < 4.78 is 0. The Morgan fingerprint density at radius 2 is 1.61 bits per heavy atom. The van der Waals surface area contributed by atoms with Crippen LogP contribution in [0.3, 0.4) is 0 Å². The lowest BCUT2D eigenvalue weighted by atomic mass is 9.85. The number of Topliss-reactive ketones (excluding diaryl/α,β-unsaturated/α-hetero) is 1. The molecule has 1 saturated heterocycles. The van der Waals surface area contributed by atoms with Gasteiger partial charge in [-0.25, -0.2) is 4.79 Å². The molecule has 1 heterocycles. The third-order valence-electron chi connectivity index (χ3n) is 8.64. The molecule has 2 aliphatic rings. The lowest BCUT2D eigenvalue weighted by molar-refractivity contribution is -0.145. The van der Waals surface area contributed by atoms with Gasteiger partial charge in [-0.3, -0.25) is 24.0 Å². The lowest BCUT2D eigenvalue weighted by Gasteiger charge is -2.38. The predicted octanol–water partition coefficient (Wildman–Crippen LogP) is 2.04. The number of fused-ring (bicyclic) bond motifs is 1. The maximum Gasteiger partial charge on any atom is 0.315 e. The molecule has 1 aromatic carbocycles. The van der Waals surface area contributed by atoms with Crippen molar-refractivity contribution in [2.75, 3.05) is 13.1 Å². The molecule has 12 nitrogen and oxygen atoms in total. The standard InChI is InChI=1S/C34H50N6O6/c1-10-14-22(26(42)29(44)36-18-23(41)35-17-20-15-12-11-13-16-20)37-28(43)25-24-21(34(24,8)9)19-40(25)30(45)27(32(2,3)4)38-31(46)39-33(5,6)7/h10-13,15-16,21-22,24-25,27H,1,14,17-19H2,2-9H3,(H,35,41)(H,36,44)(H,37,43)(H2,38,39,46)/t21?,22?,24-,25-,27+/m0/s1. The molecule has 1 saturated carbocycles. The minimum Gasteiger partial charge on any atom is -0.350 e. The Hall–Kier alpha value is -4.22. The smallest absolute Gasteiger partial charge is 0.315 e. The van der Waals surface area contributed by atoms with Crippen LogP contribution in [0.4, 0.5) is 4.79 Å². The van der Waals surface area contributed by atoms with Crippen molar-refractivity contribution in [1.82, 2.24) is 31.5 Å². The molecule has 252 valence electrons. The zero-order valence-corrected chi connectivity index (χ0v) is 28.3. The van der Waals surface area contributed by atoms with Gasteiger partial charge in [-0.1, -0.05) is 71.0 Å². The number of likely N-dealkylation sites (tertiary alicyclic amines) is 1. The first kappa shape index (κ1) is 36.3. The summed E-state index contributed by atoms with van der Waals surface area (Å²) >= 11 is 0. The quantitative estimate of drug-likeness (QED) is 0.174. The molecular formula is C34H50N6O6. The summed E-state index contributed by atoms with van der Waals surface area (Å²) in [5.41, 5.74) is -0.537. The number of carbonyl (C=O) groups excluding carboxylic acids is 6. The highest BCUT2D eigenvalue weighted by molar-refractivity contribution is 6.38. The third kappa shape index (κ3) is 8.95. The van der Waals surface area contributed by atoms with Gasteiger partial charge in [-0.2, -0.15) is 0 Å². The number of carbonyl (C=O) groups is 6. The molecule has 1 aliphatic carbocycles. The topological polar surface area (TPSA) is 166 Å². The van der Waals surface area contributed by atoms with Crippen molar-refractivity contribution in [3.8, 4) is 0 Å². The van der Waals surface area contributed by atoms with Crippen LogP contribution < -0.4 is 26.6 Å². The number of nitrogens with one attached hydrogen (secondary N) is 5. The lowest BCUT2D eigenvalue weighted by Crippen LogP contribution is -2.62. The fraction of sp³-hybridized carbons (Fsp3) is 0.588. The molecular weight excluding hydrogens is 588 g/mol. The Morgan fingerprint density at radius 1 is 0.978 bits per heavy atom. The third-order valence-corrected chi connectivity index (χ3v) is 8.64. The van der Waals surface area contributed by atoms with Gasteiger partial charge in [0.05, 0.1) is 6.54 Å². The molecule has 0 radical (unpaired) electrons. The van der Waals surface area contributed by atoms with Gasteiger partial charge >= 0.3 is 6.03 Å². The Kier molecular flexibility index (Phi) is 11.1. The zero-order chi connectivity index (χ0) is 34.6. The van der Waals surface area contributed by atoms with E-state index in [0.29, 0.717) is 6.54 Å². The fourth-order valence-corrected chi connectivity index (χ4v) is 6.06. The highest BCUT2D eigenvalue weighted by Gasteiger charge is 2.69. The number of urea groups is 1. The van der Waals surface area contributed by atoms with Crippen molar-refractivity contribution in [2.24, 2.45) is 22.7 Å². The van der Waals surface area contributed by atoms with Gasteiger partial charge in [0.2, 0.25) is 23.5 Å². The van der Waals surface area contributed by atoms with Crippen molar-refractivity contribution < 1.29 is 28.8 Å². The van der Waals surface area contributed by atoms with E-state index in [1.54, 1.807) is 0 Å². The van der Waals surface area contributed by atoms with Crippen LogP contribution >= 0.6 is 0 Å². The second-order valence-corrected chi connectivity index (χ2v) is 14.9. The molecule has 6 amide bonds. The average molecular weight is 639 g/mol. The second kappa shape index (κ2) is 14.0. The summed E-state index contributed by atoms with van der Waals surface area (Å²) in [5, 5.41) is 13.3. The molecule has 5 atom stereocenters. The van der Waals surface area contributed by atoms with E-state index in [4.69, 9.17) is 0 Å². The number of ketones is 1. The normalized spacial score (nSPS) is 21.1. The molecule has 1 aliphatic heterocycles. The summed E-state index contributed by atoms with van der Waals surface area (Å²) in [4.78, 5) is 80.4. The highest BCUT2D eigenvalue weighted by atomic mass is 16.2. The first-order chi connectivity index (χ1) is 21.3. The Bertz CT molecular complexity index is 1350. The van der Waals surface area contributed by atoms with E-state index in [2.05, 4.69) is 33.2 Å². The van der Waals surface area contributed by atoms with Crippen LogP contribution in [-0.2, 0) is 30.5 Å². The predicted molar refractivity (Wildman–Crippen MR) is 174 cm³/mol. The summed E-state index contributed by atoms with van der Waals surface area (Å²) in [6, 6.07) is 5.65. The van der Waals surface area contributed by atoms with Crippen molar-refractivity contribution in [1.29, 1.82) is 0 Å². The monoisotopic (exact) mass is 638 g/mol. The van der Waals surface area contributed by atoms with Crippen LogP contribution in [0.1, 0.15) is 67.4 Å². The minimum atomic E-state index is -1.25. The Morgan fingerprint density at radius 3 is 2.17 bits per heavy atom. The van der Waals surface area contributed by atoms with Crippen molar-refractivity contribution in [2.45, 2.75) is 92.0 Å². The van der Waals surface area contributed by atoms with Crippen molar-refractivity contribution in [3.63, 3.8) is 0 Å². The van der Waals surface area contributed by atoms with Crippen LogP contribution in [0.2, 0.25) is 0 Å². The van der Waals surface area contributed by atoms with Gasteiger partial charge in [0.25, 0.3) is 5.91 Å². The molecule has 0 bridgehead atoms. The largest absolute Gasteiger partial charge is 0.350 e. The average Bonchev–Trinajstić information content (AvgIpc) is 3.27. The summed E-state index contributed by atoms with van der Waals surface area (Å²) in [6.07, 6.45) is 1.38. The number of nitrogens with zero attached hydrogens (tertiary/aromatic N) is 1. The number of hydrogen-bond donors (Lipinski definition) is 5. The van der Waals surface area contributed by atoms with Crippen molar-refractivity contribution >= 4 is 35.4 Å². The molecule has 1 aromatic rings. The van der Waals surface area contributed by atoms with Crippen LogP contribution in [0, 0.1) is 22.7 Å². The number of benzene rings is 1. The van der Waals surface area contributed by atoms with Gasteiger partial charge in [-0.15, -0.1) is 6.58 Å². The molecule has 46 heavy (non-hydrogen) atoms. The Labute approximate surface area is 271 Å². The van der Waals surface area contributed by atoms with Gasteiger partial charge in [0, 0.05) is 18.6 Å². The number of rotatable bonds is 12. The molecule has 12 heteroatoms. The van der Waals surface area contributed by atoms with E-state index in [9.17, 15) is 28.8 Å². The van der Waals surface area contributed by atoms with E-state index < -0.39 is 71.1 Å². The van der Waals surface area contributed by atoms with Crippen LogP contribution in [0.5, 0.6) is 0 Å². The van der Waals surface area contributed by atoms with E-state index in [1.807, 2.05) is 85.7 Å². The van der Waals surface area contributed by atoms with Crippen LogP contribution in [0.15, 0.2) is 43.0 Å². The van der Waals surface area contributed by atoms with Gasteiger partial charge < -0.3 is 31.5 Å². The van der Waals surface area contributed by atoms with Crippen molar-refractivity contribution in [3.05, 3.63) is 48.6 Å². The first-order valence-electron chi connectivity index (χ1n) is 15.7. The van der Waals surface area contributed by atoms with E-state index >= 15 is 0 Å².